The van der Waals surface area contributed by atoms with Gasteiger partial charge in [-0.05, 0) is 58.1 Å². The minimum atomic E-state index is -0.564. The number of hydrogen-bond acceptors (Lipinski definition) is 8. The Hall–Kier alpha value is -4.93. The van der Waals surface area contributed by atoms with Crippen LogP contribution in [0.2, 0.25) is 0 Å². The number of nitrogens with one attached hydrogen (secondary N) is 1. The van der Waals surface area contributed by atoms with Gasteiger partial charge in [0, 0.05) is 68.7 Å². The van der Waals surface area contributed by atoms with Gasteiger partial charge in [0.15, 0.2) is 6.29 Å². The van der Waals surface area contributed by atoms with Crippen LogP contribution in [0.3, 0.4) is 0 Å². The topological polar surface area (TPSA) is 100 Å². The van der Waals surface area contributed by atoms with E-state index in [9.17, 15) is 9.90 Å². The molecule has 1 aromatic heterocycles. The first-order chi connectivity index (χ1) is 24.5. The molecule has 0 radical (unpaired) electrons. The Bertz CT molecular complexity index is 1850. The Kier molecular flexibility index (Phi) is 10.6. The minimum absolute atomic E-state index is 0.00308. The maximum Gasteiger partial charge on any atom is 0.251 e. The molecule has 2 aliphatic rings. The molecular weight excluding hydrogens is 626 g/mol. The molecule has 0 spiro atoms. The smallest absolute Gasteiger partial charge is 0.251 e. The van der Waals surface area contributed by atoms with Crippen LogP contribution in [-0.2, 0) is 22.6 Å². The van der Waals surface area contributed by atoms with Crippen LogP contribution in [0.1, 0.15) is 51.9 Å². The Labute approximate surface area is 293 Å². The number of piperazine rings is 1. The zero-order valence-electron chi connectivity index (χ0n) is 28.3. The maximum atomic E-state index is 12.6. The second-order valence-electron chi connectivity index (χ2n) is 13.0. The number of anilines is 1. The number of aromatic nitrogens is 2. The van der Waals surface area contributed by atoms with E-state index in [4.69, 9.17) is 9.47 Å². The summed E-state index contributed by atoms with van der Waals surface area (Å²) >= 11 is 0. The van der Waals surface area contributed by atoms with Gasteiger partial charge in [-0.15, -0.1) is 0 Å². The third kappa shape index (κ3) is 7.93. The number of carbonyl (C=O) groups excluding carboxylic acids is 1. The van der Waals surface area contributed by atoms with Crippen LogP contribution in [0, 0.1) is 5.92 Å². The fourth-order valence-corrected chi connectivity index (χ4v) is 6.77. The Balaban J connectivity index is 1.08. The minimum Gasteiger partial charge on any atom is -0.392 e. The zero-order valence-corrected chi connectivity index (χ0v) is 28.3. The lowest BCUT2D eigenvalue weighted by molar-refractivity contribution is -0.276. The standard InChI is InChI=1S/C41H43N5O4/c1-29-37(27-45-20-22-46(23-21-45)41-42-18-7-19-43-41)49-40(50-38(29)32-16-14-30(28-47)15-17-32)36-13-6-12-35(25-36)34-11-5-8-31(24-34)26-44-39(48)33-9-3-2-4-10-33/h2-19,24-25,29,37-38,40,47H,20-23,26-28H2,1H3,(H,44,48). The molecule has 2 saturated heterocycles. The van der Waals surface area contributed by atoms with Gasteiger partial charge in [0.2, 0.25) is 5.95 Å². The maximum absolute atomic E-state index is 12.6. The van der Waals surface area contributed by atoms with Crippen molar-refractivity contribution < 1.29 is 19.4 Å². The van der Waals surface area contributed by atoms with E-state index in [0.717, 1.165) is 72.1 Å². The van der Waals surface area contributed by atoms with Crippen LogP contribution in [-0.4, -0.2) is 64.7 Å². The molecule has 3 heterocycles. The SMILES string of the molecule is CC1C(CN2CCN(c3ncccn3)CC2)OC(c2cccc(-c3cccc(CNC(=O)c4ccccc4)c3)c2)OC1c1ccc(CO)cc1. The molecule has 50 heavy (non-hydrogen) atoms. The Morgan fingerprint density at radius 1 is 0.780 bits per heavy atom. The molecule has 4 atom stereocenters. The average molecular weight is 670 g/mol. The lowest BCUT2D eigenvalue weighted by atomic mass is 9.89. The number of ether oxygens (including phenoxy) is 2. The van der Waals surface area contributed by atoms with Crippen molar-refractivity contribution in [3.05, 3.63) is 149 Å². The molecule has 9 nitrogen and oxygen atoms in total. The van der Waals surface area contributed by atoms with E-state index < -0.39 is 6.29 Å². The molecule has 2 aliphatic heterocycles. The molecule has 2 fully saturated rings. The van der Waals surface area contributed by atoms with E-state index in [1.165, 1.54) is 0 Å². The number of benzene rings is 4. The molecule has 256 valence electrons. The van der Waals surface area contributed by atoms with Gasteiger partial charge >= 0.3 is 0 Å². The van der Waals surface area contributed by atoms with Crippen LogP contribution in [0.5, 0.6) is 0 Å². The van der Waals surface area contributed by atoms with E-state index in [0.29, 0.717) is 12.1 Å². The molecule has 2 N–H and O–H groups in total. The van der Waals surface area contributed by atoms with Crippen LogP contribution in [0.4, 0.5) is 5.95 Å². The van der Waals surface area contributed by atoms with E-state index in [2.05, 4.69) is 74.5 Å². The fraction of sp³-hybridized carbons (Fsp3) is 0.293. The van der Waals surface area contributed by atoms with Crippen molar-refractivity contribution in [2.45, 2.75) is 38.6 Å². The predicted octanol–water partition coefficient (Wildman–Crippen LogP) is 6.18. The Morgan fingerprint density at radius 2 is 1.50 bits per heavy atom. The number of hydrogen-bond donors (Lipinski definition) is 2. The third-order valence-corrected chi connectivity index (χ3v) is 9.68. The molecule has 9 heteroatoms. The largest absolute Gasteiger partial charge is 0.392 e. The summed E-state index contributed by atoms with van der Waals surface area (Å²) in [7, 11) is 0. The second kappa shape index (κ2) is 15.7. The van der Waals surface area contributed by atoms with Crippen molar-refractivity contribution in [3.8, 4) is 11.1 Å². The quantitative estimate of drug-likeness (QED) is 0.182. The van der Waals surface area contributed by atoms with Crippen molar-refractivity contribution in [1.29, 1.82) is 0 Å². The lowest BCUT2D eigenvalue weighted by Crippen LogP contribution is -2.51. The van der Waals surface area contributed by atoms with Crippen LogP contribution in [0.15, 0.2) is 122 Å². The molecule has 4 aromatic carbocycles. The highest BCUT2D eigenvalue weighted by atomic mass is 16.7. The van der Waals surface area contributed by atoms with Gasteiger partial charge in [-0.25, -0.2) is 9.97 Å². The molecule has 0 aliphatic carbocycles. The van der Waals surface area contributed by atoms with Gasteiger partial charge in [-0.3, -0.25) is 9.69 Å². The lowest BCUT2D eigenvalue weighted by Gasteiger charge is -2.44. The summed E-state index contributed by atoms with van der Waals surface area (Å²) in [5.41, 5.74) is 6.64. The first kappa shape index (κ1) is 33.6. The van der Waals surface area contributed by atoms with E-state index in [1.54, 1.807) is 12.4 Å². The molecule has 0 saturated carbocycles. The number of nitrogens with zero attached hydrogens (tertiary/aromatic N) is 4. The number of carbonyl (C=O) groups is 1. The van der Waals surface area contributed by atoms with Gasteiger partial charge in [0.05, 0.1) is 18.8 Å². The average Bonchev–Trinajstić information content (AvgIpc) is 3.19. The highest BCUT2D eigenvalue weighted by Gasteiger charge is 2.39. The van der Waals surface area contributed by atoms with Crippen molar-refractivity contribution in [1.82, 2.24) is 20.2 Å². The van der Waals surface area contributed by atoms with Gasteiger partial charge in [-0.1, -0.05) is 85.8 Å². The fourth-order valence-electron chi connectivity index (χ4n) is 6.77. The van der Waals surface area contributed by atoms with Crippen molar-refractivity contribution in [2.75, 3.05) is 37.6 Å². The molecule has 1 amide bonds. The molecule has 4 unspecified atom stereocenters. The second-order valence-corrected chi connectivity index (χ2v) is 13.0. The first-order valence-corrected chi connectivity index (χ1v) is 17.3. The van der Waals surface area contributed by atoms with Crippen molar-refractivity contribution in [2.24, 2.45) is 5.92 Å². The number of aliphatic hydroxyl groups is 1. The van der Waals surface area contributed by atoms with Crippen LogP contribution in [0.25, 0.3) is 11.1 Å². The summed E-state index contributed by atoms with van der Waals surface area (Å²) in [6.45, 7) is 6.92. The summed E-state index contributed by atoms with van der Waals surface area (Å²) in [5, 5.41) is 12.7. The van der Waals surface area contributed by atoms with Gasteiger partial charge in [0.25, 0.3) is 5.91 Å². The predicted molar refractivity (Wildman–Crippen MR) is 193 cm³/mol. The molecule has 0 bridgehead atoms. The van der Waals surface area contributed by atoms with Gasteiger partial charge in [-0.2, -0.15) is 0 Å². The molecule has 7 rings (SSSR count). The zero-order chi connectivity index (χ0) is 34.3. The van der Waals surface area contributed by atoms with Crippen molar-refractivity contribution >= 4 is 11.9 Å². The summed E-state index contributed by atoms with van der Waals surface area (Å²) in [5.74, 6) is 0.769. The van der Waals surface area contributed by atoms with E-state index >= 15 is 0 Å². The number of amides is 1. The highest BCUT2D eigenvalue weighted by molar-refractivity contribution is 5.94. The van der Waals surface area contributed by atoms with Gasteiger partial charge in [0.1, 0.15) is 0 Å². The monoisotopic (exact) mass is 669 g/mol. The third-order valence-electron chi connectivity index (χ3n) is 9.68. The van der Waals surface area contributed by atoms with E-state index in [1.807, 2.05) is 66.7 Å². The number of rotatable bonds is 10. The molecule has 5 aromatic rings. The van der Waals surface area contributed by atoms with Gasteiger partial charge < -0.3 is 24.8 Å². The van der Waals surface area contributed by atoms with Crippen LogP contribution >= 0.6 is 0 Å². The van der Waals surface area contributed by atoms with E-state index in [-0.39, 0.29) is 30.6 Å². The summed E-state index contributed by atoms with van der Waals surface area (Å²) < 4.78 is 13.6. The van der Waals surface area contributed by atoms with Crippen molar-refractivity contribution in [3.63, 3.8) is 0 Å². The highest BCUT2D eigenvalue weighted by Crippen LogP contribution is 2.42. The summed E-state index contributed by atoms with van der Waals surface area (Å²) in [6.07, 6.45) is 2.75. The normalized spacial score (nSPS) is 21.1. The summed E-state index contributed by atoms with van der Waals surface area (Å²) in [6, 6.07) is 35.7. The number of aliphatic hydroxyl groups excluding tert-OH is 1. The Morgan fingerprint density at radius 3 is 2.24 bits per heavy atom. The summed E-state index contributed by atoms with van der Waals surface area (Å²) in [4.78, 5) is 26.2. The first-order valence-electron chi connectivity index (χ1n) is 17.3. The van der Waals surface area contributed by atoms with Crippen LogP contribution < -0.4 is 10.2 Å². The molecular formula is C41H43N5O4.